The minimum atomic E-state index is -3.54. The molecule has 182 valence electrons. The van der Waals surface area contributed by atoms with E-state index in [9.17, 15) is 13.5 Å². The Morgan fingerprint density at radius 2 is 1.70 bits per heavy atom. The van der Waals surface area contributed by atoms with Crippen molar-refractivity contribution in [1.82, 2.24) is 0 Å². The van der Waals surface area contributed by atoms with Crippen molar-refractivity contribution < 1.29 is 13.5 Å². The van der Waals surface area contributed by atoms with E-state index in [1.807, 2.05) is 49.4 Å². The summed E-state index contributed by atoms with van der Waals surface area (Å²) in [6.45, 7) is 7.20. The van der Waals surface area contributed by atoms with E-state index in [-0.39, 0.29) is 11.7 Å². The number of hydrogen-bond donors (Lipinski definition) is 2. The summed E-state index contributed by atoms with van der Waals surface area (Å²) in [4.78, 5) is 0.374. The van der Waals surface area contributed by atoms with E-state index in [0.717, 1.165) is 42.6 Å². The standard InChI is InChI=1S/C28H41NO3S/c1-4-7-9-13-19-29-23-16-17-25-24(20-23)26(22-14-11-10-12-15-22)27(30)28(6-3,18-8-5-2)21-33(25,31)32/h10-12,14-17,20,26-27,29-30H,4-9,13,18-19,21H2,1-3H3/t26-,27-,28+/m0/s1. The topological polar surface area (TPSA) is 66.4 Å². The minimum Gasteiger partial charge on any atom is -0.392 e. The van der Waals surface area contributed by atoms with Crippen LogP contribution < -0.4 is 5.32 Å². The third-order valence-electron chi connectivity index (χ3n) is 7.35. The number of aliphatic hydroxyl groups is 1. The molecule has 2 aromatic carbocycles. The van der Waals surface area contributed by atoms with Crippen LogP contribution in [0.25, 0.3) is 0 Å². The van der Waals surface area contributed by atoms with Gasteiger partial charge in [-0.2, -0.15) is 0 Å². The predicted molar refractivity (Wildman–Crippen MR) is 138 cm³/mol. The summed E-state index contributed by atoms with van der Waals surface area (Å²) in [5.41, 5.74) is 1.95. The molecule has 33 heavy (non-hydrogen) atoms. The zero-order valence-electron chi connectivity index (χ0n) is 20.5. The van der Waals surface area contributed by atoms with Gasteiger partial charge in [-0.05, 0) is 48.6 Å². The molecule has 0 amide bonds. The average Bonchev–Trinajstić information content (AvgIpc) is 2.89. The molecule has 3 atom stereocenters. The van der Waals surface area contributed by atoms with E-state index < -0.39 is 21.4 Å². The molecule has 0 unspecified atom stereocenters. The van der Waals surface area contributed by atoms with E-state index in [4.69, 9.17) is 0 Å². The first-order valence-electron chi connectivity index (χ1n) is 12.7. The Balaban J connectivity index is 2.08. The Hall–Kier alpha value is -1.85. The molecule has 0 saturated carbocycles. The second-order valence-corrected chi connectivity index (χ2v) is 11.6. The molecule has 0 saturated heterocycles. The lowest BCUT2D eigenvalue weighted by Gasteiger charge is -2.39. The smallest absolute Gasteiger partial charge is 0.179 e. The van der Waals surface area contributed by atoms with E-state index in [1.54, 1.807) is 6.07 Å². The van der Waals surface area contributed by atoms with Crippen LogP contribution in [0.1, 0.15) is 89.2 Å². The number of fused-ring (bicyclic) bond motifs is 1. The summed E-state index contributed by atoms with van der Waals surface area (Å²) in [7, 11) is -3.54. The number of anilines is 1. The molecule has 4 nitrogen and oxygen atoms in total. The highest BCUT2D eigenvalue weighted by atomic mass is 32.2. The van der Waals surface area contributed by atoms with E-state index >= 15 is 0 Å². The van der Waals surface area contributed by atoms with Crippen molar-refractivity contribution in [3.05, 3.63) is 59.7 Å². The minimum absolute atomic E-state index is 0.00219. The Morgan fingerprint density at radius 3 is 2.36 bits per heavy atom. The van der Waals surface area contributed by atoms with Gasteiger partial charge >= 0.3 is 0 Å². The van der Waals surface area contributed by atoms with Gasteiger partial charge in [0, 0.05) is 23.6 Å². The van der Waals surface area contributed by atoms with Gasteiger partial charge in [-0.15, -0.1) is 0 Å². The Bertz CT molecular complexity index is 989. The van der Waals surface area contributed by atoms with Crippen molar-refractivity contribution in [1.29, 1.82) is 0 Å². The highest BCUT2D eigenvalue weighted by molar-refractivity contribution is 7.91. The van der Waals surface area contributed by atoms with Gasteiger partial charge in [0.15, 0.2) is 9.84 Å². The van der Waals surface area contributed by atoms with Gasteiger partial charge in [0.05, 0.1) is 16.8 Å². The number of hydrogen-bond acceptors (Lipinski definition) is 4. The molecule has 2 aromatic rings. The fraction of sp³-hybridized carbons (Fsp3) is 0.571. The van der Waals surface area contributed by atoms with Gasteiger partial charge < -0.3 is 10.4 Å². The maximum absolute atomic E-state index is 13.7. The molecule has 0 aliphatic carbocycles. The zero-order valence-corrected chi connectivity index (χ0v) is 21.3. The van der Waals surface area contributed by atoms with Crippen LogP contribution in [0.2, 0.25) is 0 Å². The summed E-state index contributed by atoms with van der Waals surface area (Å²) >= 11 is 0. The van der Waals surface area contributed by atoms with Crippen LogP contribution in [-0.2, 0) is 9.84 Å². The van der Waals surface area contributed by atoms with Crippen LogP contribution in [0, 0.1) is 5.41 Å². The van der Waals surface area contributed by atoms with Crippen molar-refractivity contribution in [2.75, 3.05) is 17.6 Å². The van der Waals surface area contributed by atoms with Crippen LogP contribution in [0.5, 0.6) is 0 Å². The first kappa shape index (κ1) is 25.8. The van der Waals surface area contributed by atoms with Gasteiger partial charge in [0.25, 0.3) is 0 Å². The number of unbranched alkanes of at least 4 members (excludes halogenated alkanes) is 4. The lowest BCUT2D eigenvalue weighted by Crippen LogP contribution is -2.42. The highest BCUT2D eigenvalue weighted by Gasteiger charge is 2.48. The lowest BCUT2D eigenvalue weighted by atomic mass is 9.69. The summed E-state index contributed by atoms with van der Waals surface area (Å²) in [5.74, 6) is -0.380. The Morgan fingerprint density at radius 1 is 0.970 bits per heavy atom. The third-order valence-corrected chi connectivity index (χ3v) is 9.35. The molecular formula is C28H41NO3S. The second-order valence-electron chi connectivity index (χ2n) is 9.65. The molecule has 1 aliphatic rings. The number of aliphatic hydroxyl groups excluding tert-OH is 1. The quantitative estimate of drug-likeness (QED) is 0.365. The summed E-state index contributed by atoms with van der Waals surface area (Å²) in [5, 5.41) is 15.4. The highest BCUT2D eigenvalue weighted by Crippen LogP contribution is 2.49. The van der Waals surface area contributed by atoms with Crippen LogP contribution in [-0.4, -0.2) is 31.9 Å². The van der Waals surface area contributed by atoms with Crippen LogP contribution in [0.15, 0.2) is 53.4 Å². The first-order chi connectivity index (χ1) is 15.9. The van der Waals surface area contributed by atoms with Gasteiger partial charge in [-0.25, -0.2) is 8.42 Å². The van der Waals surface area contributed by atoms with Crippen molar-refractivity contribution >= 4 is 15.5 Å². The maximum atomic E-state index is 13.7. The summed E-state index contributed by atoms with van der Waals surface area (Å²) < 4.78 is 27.3. The van der Waals surface area contributed by atoms with Gasteiger partial charge in [-0.3, -0.25) is 0 Å². The van der Waals surface area contributed by atoms with Crippen LogP contribution >= 0.6 is 0 Å². The SMILES string of the molecule is CCCCCCNc1ccc2c(c1)[C@H](c1ccccc1)[C@H](O)[C@](CC)(CCCC)CS2(=O)=O. The molecule has 1 aliphatic heterocycles. The van der Waals surface area contributed by atoms with Gasteiger partial charge in [-0.1, -0.05) is 83.2 Å². The Kier molecular flexibility index (Phi) is 9.00. The monoisotopic (exact) mass is 471 g/mol. The fourth-order valence-corrected chi connectivity index (χ4v) is 7.55. The Labute approximate surface area is 200 Å². The molecular weight excluding hydrogens is 430 g/mol. The molecule has 0 radical (unpaired) electrons. The van der Waals surface area contributed by atoms with Crippen molar-refractivity contribution in [3.63, 3.8) is 0 Å². The number of nitrogens with one attached hydrogen (secondary N) is 1. The van der Waals surface area contributed by atoms with Crippen molar-refractivity contribution in [2.24, 2.45) is 5.41 Å². The molecule has 0 bridgehead atoms. The molecule has 5 heteroatoms. The van der Waals surface area contributed by atoms with Crippen LogP contribution in [0.4, 0.5) is 5.69 Å². The van der Waals surface area contributed by atoms with Crippen LogP contribution in [0.3, 0.4) is 0 Å². The molecule has 3 rings (SSSR count). The number of sulfone groups is 1. The van der Waals surface area contributed by atoms with E-state index in [0.29, 0.717) is 17.7 Å². The lowest BCUT2D eigenvalue weighted by molar-refractivity contribution is 0.0174. The average molecular weight is 472 g/mol. The van der Waals surface area contributed by atoms with E-state index in [2.05, 4.69) is 19.2 Å². The van der Waals surface area contributed by atoms with Gasteiger partial charge in [0.1, 0.15) is 0 Å². The summed E-state index contributed by atoms with van der Waals surface area (Å²) in [6, 6.07) is 15.5. The van der Waals surface area contributed by atoms with Crippen molar-refractivity contribution in [2.45, 2.75) is 89.1 Å². The number of benzene rings is 2. The normalized spacial score (nSPS) is 24.1. The fourth-order valence-electron chi connectivity index (χ4n) is 5.29. The predicted octanol–water partition coefficient (Wildman–Crippen LogP) is 6.55. The maximum Gasteiger partial charge on any atom is 0.179 e. The number of rotatable bonds is 11. The largest absolute Gasteiger partial charge is 0.392 e. The second kappa shape index (κ2) is 11.5. The molecule has 0 aromatic heterocycles. The molecule has 0 fully saturated rings. The zero-order chi connectivity index (χ0) is 23.9. The van der Waals surface area contributed by atoms with E-state index in [1.165, 1.54) is 19.3 Å². The van der Waals surface area contributed by atoms with Crippen molar-refractivity contribution in [3.8, 4) is 0 Å². The first-order valence-corrected chi connectivity index (χ1v) is 14.4. The third kappa shape index (κ3) is 5.81. The molecule has 0 spiro atoms. The molecule has 2 N–H and O–H groups in total. The van der Waals surface area contributed by atoms with Gasteiger partial charge in [0.2, 0.25) is 0 Å². The summed E-state index contributed by atoms with van der Waals surface area (Å²) in [6.07, 6.45) is 7.15. The molecule has 1 heterocycles.